The van der Waals surface area contributed by atoms with Crippen molar-refractivity contribution in [1.29, 1.82) is 0 Å². The number of hydrogen-bond acceptors (Lipinski definition) is 6. The predicted octanol–water partition coefficient (Wildman–Crippen LogP) is 1.35. The van der Waals surface area contributed by atoms with Crippen molar-refractivity contribution < 1.29 is 22.5 Å². The van der Waals surface area contributed by atoms with Crippen LogP contribution in [0.1, 0.15) is 18.9 Å². The second kappa shape index (κ2) is 7.04. The molecule has 1 fully saturated rings. The molecule has 1 aromatic rings. The lowest BCUT2D eigenvalue weighted by molar-refractivity contribution is -0.146. The first-order chi connectivity index (χ1) is 10.1. The molecule has 2 atom stereocenters. The second-order valence-electron chi connectivity index (χ2n) is 5.07. The van der Waals surface area contributed by atoms with Gasteiger partial charge >= 0.3 is 5.97 Å². The second-order valence-corrected chi connectivity index (χ2v) is 6.45. The number of esters is 1. The monoisotopic (exact) mass is 326 g/mol. The maximum Gasteiger partial charge on any atom is 0.326 e. The van der Waals surface area contributed by atoms with Crippen molar-refractivity contribution >= 4 is 16.1 Å². The quantitative estimate of drug-likeness (QED) is 0.508. The number of hydrogen-bond donors (Lipinski definition) is 1. The molecule has 122 valence electrons. The molecule has 7 heteroatoms. The third kappa shape index (κ3) is 4.66. The highest BCUT2D eigenvalue weighted by atomic mass is 32.2. The first kappa shape index (κ1) is 18.3. The Hall–Kier alpha value is -1.70. The number of benzene rings is 1. The molecule has 0 amide bonds. The van der Waals surface area contributed by atoms with E-state index in [1.165, 1.54) is 12.1 Å². The first-order valence-electron chi connectivity index (χ1n) is 6.76. The number of aryl methyl sites for hydroxylation is 1. The fourth-order valence-corrected chi connectivity index (χ4v) is 2.27. The summed E-state index contributed by atoms with van der Waals surface area (Å²) < 4.78 is 36.0. The maximum absolute atomic E-state index is 11.1. The summed E-state index contributed by atoms with van der Waals surface area (Å²) in [5.74, 6) is -0.188. The molecule has 0 saturated heterocycles. The van der Waals surface area contributed by atoms with Gasteiger partial charge in [0, 0.05) is 5.92 Å². The largest absolute Gasteiger partial charge is 0.744 e. The van der Waals surface area contributed by atoms with E-state index in [0.717, 1.165) is 5.56 Å². The molecule has 0 spiro atoms. The van der Waals surface area contributed by atoms with Crippen LogP contribution in [0.3, 0.4) is 0 Å². The minimum atomic E-state index is -4.27. The van der Waals surface area contributed by atoms with Gasteiger partial charge < -0.3 is 15.0 Å². The summed E-state index contributed by atoms with van der Waals surface area (Å²) in [7, 11) is -4.27. The fraction of sp³-hybridized carbons (Fsp3) is 0.400. The van der Waals surface area contributed by atoms with Crippen LogP contribution in [0.5, 0.6) is 0 Å². The van der Waals surface area contributed by atoms with Crippen LogP contribution in [0.2, 0.25) is 0 Å². The zero-order valence-corrected chi connectivity index (χ0v) is 13.4. The number of carbonyl (C=O) groups excluding carboxylic acids is 1. The average Bonchev–Trinajstić information content (AvgIpc) is 3.12. The van der Waals surface area contributed by atoms with Crippen LogP contribution in [0.4, 0.5) is 0 Å². The van der Waals surface area contributed by atoms with Crippen molar-refractivity contribution in [2.75, 3.05) is 6.61 Å². The van der Waals surface area contributed by atoms with Gasteiger partial charge in [0.15, 0.2) is 0 Å². The van der Waals surface area contributed by atoms with Gasteiger partial charge in [0.25, 0.3) is 0 Å². The van der Waals surface area contributed by atoms with E-state index in [4.69, 9.17) is 10.5 Å². The van der Waals surface area contributed by atoms with E-state index in [0.29, 0.717) is 13.0 Å². The van der Waals surface area contributed by atoms with E-state index >= 15 is 0 Å². The summed E-state index contributed by atoms with van der Waals surface area (Å²) in [5, 5.41) is 0. The van der Waals surface area contributed by atoms with Crippen LogP contribution in [-0.2, 0) is 19.6 Å². The molecular weight excluding hydrogens is 306 g/mol. The van der Waals surface area contributed by atoms with Gasteiger partial charge in [0.2, 0.25) is 0 Å². The van der Waals surface area contributed by atoms with Gasteiger partial charge in [-0.25, -0.2) is 8.42 Å². The van der Waals surface area contributed by atoms with Crippen LogP contribution in [0.25, 0.3) is 0 Å². The normalized spacial score (nSPS) is 23.0. The first-order valence-corrected chi connectivity index (χ1v) is 8.17. The minimum absolute atomic E-state index is 0.113. The van der Waals surface area contributed by atoms with Gasteiger partial charge in [-0.05, 0) is 32.4 Å². The van der Waals surface area contributed by atoms with Crippen molar-refractivity contribution in [2.45, 2.75) is 30.7 Å². The lowest BCUT2D eigenvalue weighted by atomic mass is 10.2. The SMILES string of the molecule is C=CC1CC1(N)C(=O)OCC.Cc1ccc(S(=O)(=O)[O-])cc1. The van der Waals surface area contributed by atoms with E-state index in [-0.39, 0.29) is 16.8 Å². The Labute approximate surface area is 130 Å². The van der Waals surface area contributed by atoms with Gasteiger partial charge in [-0.3, -0.25) is 4.79 Å². The molecule has 0 aliphatic heterocycles. The van der Waals surface area contributed by atoms with Crippen LogP contribution in [-0.4, -0.2) is 31.1 Å². The number of carbonyl (C=O) groups is 1. The lowest BCUT2D eigenvalue weighted by Gasteiger charge is -2.07. The molecule has 6 nitrogen and oxygen atoms in total. The molecule has 1 saturated carbocycles. The Morgan fingerprint density at radius 1 is 1.50 bits per heavy atom. The van der Waals surface area contributed by atoms with Gasteiger partial charge in [0.05, 0.1) is 11.5 Å². The molecule has 1 aromatic carbocycles. The Morgan fingerprint density at radius 3 is 2.41 bits per heavy atom. The standard InChI is InChI=1S/C8H13NO2.C7H8O3S/c1-3-6-5-8(6,9)7(10)11-4-2;1-6-2-4-7(5-3-6)11(8,9)10/h3,6H,1,4-5,9H2,2H3;2-5H,1H3,(H,8,9,10)/p-1. The Kier molecular flexibility index (Phi) is 5.87. The van der Waals surface area contributed by atoms with Crippen LogP contribution < -0.4 is 5.73 Å². The summed E-state index contributed by atoms with van der Waals surface area (Å²) >= 11 is 0. The number of ether oxygens (including phenoxy) is 1. The highest BCUT2D eigenvalue weighted by molar-refractivity contribution is 7.85. The zero-order chi connectivity index (χ0) is 17.0. The van der Waals surface area contributed by atoms with Gasteiger partial charge in [-0.2, -0.15) is 0 Å². The molecule has 1 aliphatic carbocycles. The molecule has 2 rings (SSSR count). The molecule has 2 N–H and O–H groups in total. The van der Waals surface area contributed by atoms with E-state index in [2.05, 4.69) is 6.58 Å². The van der Waals surface area contributed by atoms with Crippen molar-refractivity contribution in [1.82, 2.24) is 0 Å². The van der Waals surface area contributed by atoms with Gasteiger partial charge in [-0.1, -0.05) is 23.8 Å². The van der Waals surface area contributed by atoms with Crippen molar-refractivity contribution in [3.05, 3.63) is 42.5 Å². The molecule has 0 heterocycles. The molecule has 1 aliphatic rings. The molecule has 0 bridgehead atoms. The Morgan fingerprint density at radius 2 is 2.05 bits per heavy atom. The summed E-state index contributed by atoms with van der Waals surface area (Å²) in [6, 6.07) is 5.78. The number of rotatable bonds is 4. The van der Waals surface area contributed by atoms with Crippen LogP contribution in [0.15, 0.2) is 41.8 Å². The fourth-order valence-electron chi connectivity index (χ4n) is 1.80. The van der Waals surface area contributed by atoms with Crippen molar-refractivity contribution in [3.63, 3.8) is 0 Å². The molecule has 2 unspecified atom stereocenters. The summed E-state index contributed by atoms with van der Waals surface area (Å²) in [6.07, 6.45) is 2.38. The highest BCUT2D eigenvalue weighted by Gasteiger charge is 2.56. The van der Waals surface area contributed by atoms with Crippen LogP contribution >= 0.6 is 0 Å². The topological polar surface area (TPSA) is 110 Å². The molecular formula is C15H20NO5S-. The molecule has 0 radical (unpaired) electrons. The van der Waals surface area contributed by atoms with E-state index in [9.17, 15) is 17.8 Å². The van der Waals surface area contributed by atoms with Crippen molar-refractivity contribution in [2.24, 2.45) is 11.7 Å². The smallest absolute Gasteiger partial charge is 0.326 e. The summed E-state index contributed by atoms with van der Waals surface area (Å²) in [6.45, 7) is 7.55. The summed E-state index contributed by atoms with van der Waals surface area (Å²) in [4.78, 5) is 10.9. The minimum Gasteiger partial charge on any atom is -0.744 e. The molecule has 22 heavy (non-hydrogen) atoms. The van der Waals surface area contributed by atoms with Gasteiger partial charge in [-0.15, -0.1) is 6.58 Å². The van der Waals surface area contributed by atoms with Crippen molar-refractivity contribution in [3.8, 4) is 0 Å². The zero-order valence-electron chi connectivity index (χ0n) is 12.6. The Bertz CT molecular complexity index is 638. The van der Waals surface area contributed by atoms with Gasteiger partial charge in [0.1, 0.15) is 15.7 Å². The maximum atomic E-state index is 11.1. The number of nitrogens with two attached hydrogens (primary N) is 1. The highest BCUT2D eigenvalue weighted by Crippen LogP contribution is 2.42. The lowest BCUT2D eigenvalue weighted by Crippen LogP contribution is -2.36. The Balaban J connectivity index is 0.000000220. The van der Waals surface area contributed by atoms with E-state index in [1.807, 2.05) is 6.92 Å². The third-order valence-corrected chi connectivity index (χ3v) is 4.16. The summed E-state index contributed by atoms with van der Waals surface area (Å²) in [5.41, 5.74) is 5.86. The van der Waals surface area contributed by atoms with E-state index in [1.54, 1.807) is 25.1 Å². The third-order valence-electron chi connectivity index (χ3n) is 3.31. The predicted molar refractivity (Wildman–Crippen MR) is 81.0 cm³/mol. The van der Waals surface area contributed by atoms with E-state index < -0.39 is 15.7 Å². The molecule has 0 aromatic heterocycles. The average molecular weight is 326 g/mol. The van der Waals surface area contributed by atoms with Crippen LogP contribution in [0, 0.1) is 12.8 Å².